The third-order valence-corrected chi connectivity index (χ3v) is 7.32. The Morgan fingerprint density at radius 3 is 2.43 bits per heavy atom. The third-order valence-electron chi connectivity index (χ3n) is 5.48. The summed E-state index contributed by atoms with van der Waals surface area (Å²) in [6, 6.07) is 13.8. The molecule has 2 amide bonds. The monoisotopic (exact) mass is 429 g/mol. The molecule has 30 heavy (non-hydrogen) atoms. The summed E-state index contributed by atoms with van der Waals surface area (Å²) >= 11 is 0. The van der Waals surface area contributed by atoms with Gasteiger partial charge in [-0.25, -0.2) is 13.2 Å². The lowest BCUT2D eigenvalue weighted by Gasteiger charge is -2.24. The number of carbonyl (C=O) groups excluding carboxylic acids is 1. The summed E-state index contributed by atoms with van der Waals surface area (Å²) in [6.45, 7) is 1.55. The van der Waals surface area contributed by atoms with Gasteiger partial charge in [0.1, 0.15) is 5.75 Å². The number of urea groups is 1. The standard InChI is InChI=1S/C21H23N3O5S/c25-20(26)14-30(28,29)19-13-23(17-4-2-1-3-5-17)21(27)24(19)18-7-6-15-8-10-22-11-9-16(15)12-18/h1-7,12,19,22H,8-11,13-14H2,(H,25,26). The minimum absolute atomic E-state index is 0.128. The van der Waals surface area contributed by atoms with E-state index >= 15 is 0 Å². The van der Waals surface area contributed by atoms with Crippen LogP contribution < -0.4 is 15.1 Å². The van der Waals surface area contributed by atoms with Crippen LogP contribution >= 0.6 is 0 Å². The molecule has 2 aliphatic heterocycles. The molecule has 1 unspecified atom stereocenters. The van der Waals surface area contributed by atoms with E-state index < -0.39 is 33.0 Å². The highest BCUT2D eigenvalue weighted by Crippen LogP contribution is 2.33. The maximum atomic E-state index is 13.3. The number of nitrogens with zero attached hydrogens (tertiary/aromatic N) is 2. The molecule has 8 nitrogen and oxygen atoms in total. The number of sulfone groups is 1. The van der Waals surface area contributed by atoms with Crippen LogP contribution in [0.15, 0.2) is 48.5 Å². The van der Waals surface area contributed by atoms with Gasteiger partial charge in [-0.05, 0) is 61.3 Å². The third kappa shape index (κ3) is 3.90. The number of carboxylic acids is 1. The van der Waals surface area contributed by atoms with E-state index in [2.05, 4.69) is 5.32 Å². The zero-order valence-corrected chi connectivity index (χ0v) is 17.1. The molecule has 0 aliphatic carbocycles. The van der Waals surface area contributed by atoms with Gasteiger partial charge >= 0.3 is 12.0 Å². The minimum Gasteiger partial charge on any atom is -0.480 e. The molecule has 0 spiro atoms. The lowest BCUT2D eigenvalue weighted by Crippen LogP contribution is -2.42. The molecular weight excluding hydrogens is 406 g/mol. The van der Waals surface area contributed by atoms with Gasteiger partial charge in [0, 0.05) is 11.4 Å². The summed E-state index contributed by atoms with van der Waals surface area (Å²) in [6.07, 6.45) is 1.64. The van der Waals surface area contributed by atoms with Crippen molar-refractivity contribution in [1.29, 1.82) is 0 Å². The maximum absolute atomic E-state index is 13.3. The number of fused-ring (bicyclic) bond motifs is 1. The first-order valence-corrected chi connectivity index (χ1v) is 11.5. The minimum atomic E-state index is -4.11. The maximum Gasteiger partial charge on any atom is 0.330 e. The smallest absolute Gasteiger partial charge is 0.330 e. The summed E-state index contributed by atoms with van der Waals surface area (Å²) in [7, 11) is -4.11. The molecule has 2 aliphatic rings. The van der Waals surface area contributed by atoms with Crippen LogP contribution in [0.4, 0.5) is 16.2 Å². The van der Waals surface area contributed by atoms with Crippen LogP contribution in [0.25, 0.3) is 0 Å². The number of nitrogens with one attached hydrogen (secondary N) is 1. The highest BCUT2D eigenvalue weighted by Gasteiger charge is 2.46. The molecule has 2 aromatic rings. The van der Waals surface area contributed by atoms with Gasteiger partial charge in [-0.2, -0.15) is 0 Å². The van der Waals surface area contributed by atoms with Crippen LogP contribution in [-0.2, 0) is 27.5 Å². The zero-order valence-electron chi connectivity index (χ0n) is 16.3. The molecule has 1 saturated heterocycles. The van der Waals surface area contributed by atoms with Gasteiger partial charge in [-0.3, -0.25) is 14.6 Å². The van der Waals surface area contributed by atoms with Gasteiger partial charge in [-0.15, -0.1) is 0 Å². The van der Waals surface area contributed by atoms with Gasteiger partial charge in [0.2, 0.25) is 0 Å². The van der Waals surface area contributed by atoms with Crippen molar-refractivity contribution in [2.75, 3.05) is 35.2 Å². The number of anilines is 2. The molecule has 2 heterocycles. The van der Waals surface area contributed by atoms with Gasteiger partial charge < -0.3 is 10.4 Å². The Bertz CT molecular complexity index is 1070. The normalized spacial score (nSPS) is 19.5. The van der Waals surface area contributed by atoms with Crippen molar-refractivity contribution in [3.8, 4) is 0 Å². The molecular formula is C21H23N3O5S. The Hall–Kier alpha value is -2.91. The number of carbonyl (C=O) groups is 2. The molecule has 0 bridgehead atoms. The first kappa shape index (κ1) is 20.4. The van der Waals surface area contributed by atoms with Crippen molar-refractivity contribution >= 4 is 33.2 Å². The van der Waals surface area contributed by atoms with Crippen molar-refractivity contribution in [3.63, 3.8) is 0 Å². The van der Waals surface area contributed by atoms with Crippen molar-refractivity contribution in [2.24, 2.45) is 0 Å². The van der Waals surface area contributed by atoms with Crippen LogP contribution in [-0.4, -0.2) is 56.3 Å². The number of hydrogen-bond acceptors (Lipinski definition) is 5. The van der Waals surface area contributed by atoms with E-state index in [4.69, 9.17) is 5.11 Å². The fraction of sp³-hybridized carbons (Fsp3) is 0.333. The van der Waals surface area contributed by atoms with Crippen molar-refractivity contribution in [1.82, 2.24) is 5.32 Å². The number of rotatable bonds is 5. The van der Waals surface area contributed by atoms with Crippen LogP contribution in [0.1, 0.15) is 11.1 Å². The van der Waals surface area contributed by atoms with Crippen molar-refractivity contribution < 1.29 is 23.1 Å². The quantitative estimate of drug-likeness (QED) is 0.748. The van der Waals surface area contributed by atoms with E-state index in [1.807, 2.05) is 12.1 Å². The molecule has 2 aromatic carbocycles. The molecule has 4 rings (SSSR count). The second-order valence-electron chi connectivity index (χ2n) is 7.46. The Morgan fingerprint density at radius 1 is 1.03 bits per heavy atom. The predicted octanol–water partition coefficient (Wildman–Crippen LogP) is 1.65. The first-order valence-electron chi connectivity index (χ1n) is 9.78. The number of amides is 2. The second kappa shape index (κ2) is 8.08. The van der Waals surface area contributed by atoms with E-state index in [1.165, 1.54) is 15.4 Å². The molecule has 2 N–H and O–H groups in total. The van der Waals surface area contributed by atoms with E-state index in [1.54, 1.807) is 36.4 Å². The first-order chi connectivity index (χ1) is 14.4. The highest BCUT2D eigenvalue weighted by molar-refractivity contribution is 7.92. The summed E-state index contributed by atoms with van der Waals surface area (Å²) in [4.78, 5) is 27.1. The number of carboxylic acid groups (broad SMARTS) is 1. The number of benzene rings is 2. The Labute approximate surface area is 175 Å². The summed E-state index contributed by atoms with van der Waals surface area (Å²) in [5.41, 5.74) is 3.27. The Balaban J connectivity index is 1.77. The van der Waals surface area contributed by atoms with Gasteiger partial charge in [0.25, 0.3) is 0 Å². The average molecular weight is 429 g/mol. The molecule has 0 radical (unpaired) electrons. The second-order valence-corrected chi connectivity index (χ2v) is 9.62. The van der Waals surface area contributed by atoms with Crippen molar-refractivity contribution in [3.05, 3.63) is 59.7 Å². The zero-order chi connectivity index (χ0) is 21.3. The van der Waals surface area contributed by atoms with E-state index in [0.717, 1.165) is 31.5 Å². The summed E-state index contributed by atoms with van der Waals surface area (Å²) in [5, 5.41) is 11.2. The van der Waals surface area contributed by atoms with Crippen LogP contribution in [0.5, 0.6) is 0 Å². The fourth-order valence-electron chi connectivity index (χ4n) is 4.02. The molecule has 0 saturated carbocycles. The molecule has 0 aromatic heterocycles. The average Bonchev–Trinajstić information content (AvgIpc) is 2.90. The van der Waals surface area contributed by atoms with E-state index in [-0.39, 0.29) is 6.54 Å². The van der Waals surface area contributed by atoms with E-state index in [9.17, 15) is 18.0 Å². The number of hydrogen-bond donors (Lipinski definition) is 2. The lowest BCUT2D eigenvalue weighted by molar-refractivity contribution is -0.134. The highest BCUT2D eigenvalue weighted by atomic mass is 32.2. The number of aliphatic carboxylic acids is 1. The topological polar surface area (TPSA) is 107 Å². The lowest BCUT2D eigenvalue weighted by atomic mass is 10.0. The van der Waals surface area contributed by atoms with Crippen LogP contribution in [0.2, 0.25) is 0 Å². The summed E-state index contributed by atoms with van der Waals surface area (Å²) in [5.74, 6) is -2.47. The van der Waals surface area contributed by atoms with Crippen LogP contribution in [0.3, 0.4) is 0 Å². The molecule has 9 heteroatoms. The SMILES string of the molecule is O=C(O)CS(=O)(=O)C1CN(c2ccccc2)C(=O)N1c1ccc2c(c1)CCNCC2. The molecule has 1 fully saturated rings. The fourth-order valence-corrected chi connectivity index (χ4v) is 5.47. The van der Waals surface area contributed by atoms with Crippen molar-refractivity contribution in [2.45, 2.75) is 18.2 Å². The molecule has 158 valence electrons. The van der Waals surface area contributed by atoms with Crippen LogP contribution in [0, 0.1) is 0 Å². The van der Waals surface area contributed by atoms with Gasteiger partial charge in [0.15, 0.2) is 15.2 Å². The largest absolute Gasteiger partial charge is 0.480 e. The number of para-hydroxylation sites is 1. The molecule has 1 atom stereocenters. The Morgan fingerprint density at radius 2 is 1.73 bits per heavy atom. The van der Waals surface area contributed by atoms with E-state index in [0.29, 0.717) is 11.4 Å². The Kier molecular flexibility index (Phi) is 5.48. The van der Waals surface area contributed by atoms with Gasteiger partial charge in [0.05, 0.1) is 6.54 Å². The predicted molar refractivity (Wildman–Crippen MR) is 114 cm³/mol. The van der Waals surface area contributed by atoms with Gasteiger partial charge in [-0.1, -0.05) is 24.3 Å². The summed E-state index contributed by atoms with van der Waals surface area (Å²) < 4.78 is 25.8.